The first-order chi connectivity index (χ1) is 12.4. The Bertz CT molecular complexity index is 598. The molecule has 1 saturated heterocycles. The van der Waals surface area contributed by atoms with Crippen molar-refractivity contribution in [2.75, 3.05) is 32.7 Å². The Labute approximate surface area is 182 Å². The van der Waals surface area contributed by atoms with Crippen molar-refractivity contribution >= 4 is 29.9 Å². The lowest BCUT2D eigenvalue weighted by atomic mass is 9.98. The number of aryl methyl sites for hydroxylation is 2. The van der Waals surface area contributed by atoms with Gasteiger partial charge >= 0.3 is 0 Å². The van der Waals surface area contributed by atoms with Crippen LogP contribution in [0.5, 0.6) is 0 Å². The van der Waals surface area contributed by atoms with E-state index in [1.807, 2.05) is 11.7 Å². The molecule has 7 heteroatoms. The lowest BCUT2D eigenvalue weighted by molar-refractivity contribution is 0.186. The Kier molecular flexibility index (Phi) is 10.7. The number of guanidine groups is 1. The fourth-order valence-electron chi connectivity index (χ4n) is 3.83. The van der Waals surface area contributed by atoms with Crippen molar-refractivity contribution < 1.29 is 0 Å². The summed E-state index contributed by atoms with van der Waals surface area (Å²) in [5.41, 5.74) is 3.72. The summed E-state index contributed by atoms with van der Waals surface area (Å²) >= 11 is 0. The van der Waals surface area contributed by atoms with Crippen molar-refractivity contribution in [3.63, 3.8) is 0 Å². The van der Waals surface area contributed by atoms with Crippen molar-refractivity contribution in [3.8, 4) is 0 Å². The molecule has 1 aromatic rings. The monoisotopic (exact) mass is 490 g/mol. The predicted molar refractivity (Wildman–Crippen MR) is 125 cm³/mol. The average molecular weight is 490 g/mol. The minimum Gasteiger partial charge on any atom is -0.357 e. The lowest BCUT2D eigenvalue weighted by Gasteiger charge is -2.31. The lowest BCUT2D eigenvalue weighted by Crippen LogP contribution is -2.44. The summed E-state index contributed by atoms with van der Waals surface area (Å²) in [6.45, 7) is 16.2. The molecule has 0 saturated carbocycles. The average Bonchev–Trinajstić information content (AvgIpc) is 2.86. The molecule has 0 aliphatic carbocycles. The SMILES string of the molecule is CCNC(=NCC1CCCN(CC)C1)NC(C)Cc1c(C)nn(C)c1C.I. The molecule has 0 amide bonds. The molecule has 0 spiro atoms. The van der Waals surface area contributed by atoms with Gasteiger partial charge in [-0.15, -0.1) is 24.0 Å². The van der Waals surface area contributed by atoms with E-state index in [9.17, 15) is 0 Å². The first-order valence-electron chi connectivity index (χ1n) is 10.2. The predicted octanol–water partition coefficient (Wildman–Crippen LogP) is 2.87. The number of nitrogens with zero attached hydrogens (tertiary/aromatic N) is 4. The van der Waals surface area contributed by atoms with Crippen molar-refractivity contribution in [3.05, 3.63) is 17.0 Å². The van der Waals surface area contributed by atoms with Crippen LogP contribution >= 0.6 is 24.0 Å². The number of likely N-dealkylation sites (tertiary alicyclic amines) is 1. The van der Waals surface area contributed by atoms with Crippen LogP contribution in [0.3, 0.4) is 0 Å². The van der Waals surface area contributed by atoms with Gasteiger partial charge in [0.05, 0.1) is 5.69 Å². The Morgan fingerprint density at radius 1 is 1.33 bits per heavy atom. The Morgan fingerprint density at radius 2 is 2.07 bits per heavy atom. The molecular weight excluding hydrogens is 451 g/mol. The van der Waals surface area contributed by atoms with Crippen LogP contribution in [0.25, 0.3) is 0 Å². The zero-order chi connectivity index (χ0) is 19.1. The molecule has 6 nitrogen and oxygen atoms in total. The second-order valence-corrected chi connectivity index (χ2v) is 7.64. The van der Waals surface area contributed by atoms with Crippen LogP contribution in [0.1, 0.15) is 50.6 Å². The molecule has 2 atom stereocenters. The first kappa shape index (κ1) is 24.2. The molecule has 2 unspecified atom stereocenters. The molecule has 1 aromatic heterocycles. The molecule has 156 valence electrons. The molecule has 2 rings (SSSR count). The van der Waals surface area contributed by atoms with Gasteiger partial charge in [-0.3, -0.25) is 9.67 Å². The van der Waals surface area contributed by atoms with Crippen LogP contribution in [0, 0.1) is 19.8 Å². The highest BCUT2D eigenvalue weighted by Gasteiger charge is 2.19. The van der Waals surface area contributed by atoms with Gasteiger partial charge < -0.3 is 15.5 Å². The molecular formula is C20H39IN6. The molecule has 27 heavy (non-hydrogen) atoms. The van der Waals surface area contributed by atoms with Crippen molar-refractivity contribution in [2.24, 2.45) is 18.0 Å². The minimum absolute atomic E-state index is 0. The van der Waals surface area contributed by atoms with E-state index in [4.69, 9.17) is 4.99 Å². The van der Waals surface area contributed by atoms with E-state index in [2.05, 4.69) is 55.3 Å². The van der Waals surface area contributed by atoms with Gasteiger partial charge in [-0.1, -0.05) is 6.92 Å². The molecule has 2 heterocycles. The fourth-order valence-corrected chi connectivity index (χ4v) is 3.83. The first-order valence-corrected chi connectivity index (χ1v) is 10.2. The maximum absolute atomic E-state index is 4.88. The summed E-state index contributed by atoms with van der Waals surface area (Å²) in [6, 6.07) is 0.313. The summed E-state index contributed by atoms with van der Waals surface area (Å²) in [6.07, 6.45) is 3.56. The summed E-state index contributed by atoms with van der Waals surface area (Å²) in [7, 11) is 2.01. The highest BCUT2D eigenvalue weighted by Crippen LogP contribution is 2.16. The molecule has 1 fully saturated rings. The highest BCUT2D eigenvalue weighted by molar-refractivity contribution is 14.0. The van der Waals surface area contributed by atoms with Crippen LogP contribution < -0.4 is 10.6 Å². The van der Waals surface area contributed by atoms with E-state index in [1.54, 1.807) is 0 Å². The van der Waals surface area contributed by atoms with Crippen LogP contribution in [0.15, 0.2) is 4.99 Å². The normalized spacial score (nSPS) is 19.5. The summed E-state index contributed by atoms with van der Waals surface area (Å²) in [5, 5.41) is 11.5. The number of rotatable bonds is 7. The van der Waals surface area contributed by atoms with Crippen LogP contribution in [-0.2, 0) is 13.5 Å². The summed E-state index contributed by atoms with van der Waals surface area (Å²) in [4.78, 5) is 7.43. The van der Waals surface area contributed by atoms with E-state index in [-0.39, 0.29) is 24.0 Å². The van der Waals surface area contributed by atoms with Gasteiger partial charge in [0.1, 0.15) is 0 Å². The maximum Gasteiger partial charge on any atom is 0.191 e. The number of aromatic nitrogens is 2. The van der Waals surface area contributed by atoms with Gasteiger partial charge in [-0.2, -0.15) is 5.10 Å². The van der Waals surface area contributed by atoms with Gasteiger partial charge in [0, 0.05) is 38.4 Å². The maximum atomic E-state index is 4.88. The second-order valence-electron chi connectivity index (χ2n) is 7.64. The Morgan fingerprint density at radius 3 is 2.67 bits per heavy atom. The van der Waals surface area contributed by atoms with Crippen molar-refractivity contribution in [2.45, 2.75) is 59.9 Å². The molecule has 0 bridgehead atoms. The minimum atomic E-state index is 0. The number of hydrogen-bond acceptors (Lipinski definition) is 3. The zero-order valence-corrected chi connectivity index (χ0v) is 20.3. The van der Waals surface area contributed by atoms with E-state index in [0.29, 0.717) is 12.0 Å². The highest BCUT2D eigenvalue weighted by atomic mass is 127. The second kappa shape index (κ2) is 11.9. The topological polar surface area (TPSA) is 57.5 Å². The van der Waals surface area contributed by atoms with Crippen LogP contribution in [0.2, 0.25) is 0 Å². The van der Waals surface area contributed by atoms with Gasteiger partial charge in [0.2, 0.25) is 0 Å². The van der Waals surface area contributed by atoms with Gasteiger partial charge in [-0.05, 0) is 71.5 Å². The fraction of sp³-hybridized carbons (Fsp3) is 0.800. The third-order valence-electron chi connectivity index (χ3n) is 5.45. The third-order valence-corrected chi connectivity index (χ3v) is 5.45. The summed E-state index contributed by atoms with van der Waals surface area (Å²) in [5.74, 6) is 1.62. The number of nitrogens with one attached hydrogen (secondary N) is 2. The van der Waals surface area contributed by atoms with Crippen molar-refractivity contribution in [1.29, 1.82) is 0 Å². The Hall–Kier alpha value is -0.830. The zero-order valence-electron chi connectivity index (χ0n) is 18.0. The van der Waals surface area contributed by atoms with Crippen LogP contribution in [0.4, 0.5) is 0 Å². The van der Waals surface area contributed by atoms with E-state index in [0.717, 1.165) is 37.7 Å². The number of hydrogen-bond donors (Lipinski definition) is 2. The van der Waals surface area contributed by atoms with Crippen molar-refractivity contribution in [1.82, 2.24) is 25.3 Å². The molecule has 0 aromatic carbocycles. The van der Waals surface area contributed by atoms with E-state index in [1.165, 1.54) is 37.2 Å². The number of piperidine rings is 1. The number of halogens is 1. The molecule has 1 aliphatic rings. The number of aliphatic imine (C=N–C) groups is 1. The van der Waals surface area contributed by atoms with Gasteiger partial charge in [0.25, 0.3) is 0 Å². The van der Waals surface area contributed by atoms with E-state index < -0.39 is 0 Å². The largest absolute Gasteiger partial charge is 0.357 e. The molecule has 1 aliphatic heterocycles. The van der Waals surface area contributed by atoms with Gasteiger partial charge in [-0.25, -0.2) is 0 Å². The summed E-state index contributed by atoms with van der Waals surface area (Å²) < 4.78 is 1.97. The van der Waals surface area contributed by atoms with E-state index >= 15 is 0 Å². The quantitative estimate of drug-likeness (QED) is 0.351. The standard InChI is InChI=1S/C20H38N6.HI/c1-7-21-20(22-13-18-10-9-11-26(8-2)14-18)23-15(3)12-19-16(4)24-25(6)17(19)5;/h15,18H,7-14H2,1-6H3,(H2,21,22,23);1H. The Balaban J connectivity index is 0.00000364. The third kappa shape index (κ3) is 7.25. The smallest absolute Gasteiger partial charge is 0.191 e. The molecule has 0 radical (unpaired) electrons. The van der Waals surface area contributed by atoms with Gasteiger partial charge in [0.15, 0.2) is 5.96 Å². The molecule has 2 N–H and O–H groups in total. The van der Waals surface area contributed by atoms with Crippen LogP contribution in [-0.4, -0.2) is 59.4 Å².